The van der Waals surface area contributed by atoms with E-state index < -0.39 is 0 Å². The summed E-state index contributed by atoms with van der Waals surface area (Å²) in [5.74, 6) is 1.64. The third kappa shape index (κ3) is 3.88. The lowest BCUT2D eigenvalue weighted by Gasteiger charge is -2.47. The highest BCUT2D eigenvalue weighted by atomic mass is 16.5. The molecule has 2 aromatic carbocycles. The summed E-state index contributed by atoms with van der Waals surface area (Å²) in [5, 5.41) is 15.5. The smallest absolute Gasteiger partial charge is 0.147 e. The zero-order valence-electron chi connectivity index (χ0n) is 21.6. The van der Waals surface area contributed by atoms with Crippen LogP contribution in [0.5, 0.6) is 0 Å². The number of benzene rings is 2. The summed E-state index contributed by atoms with van der Waals surface area (Å²) in [4.78, 5) is 7.15. The van der Waals surface area contributed by atoms with Crippen LogP contribution in [0, 0.1) is 19.3 Å². The molecule has 0 bridgehead atoms. The summed E-state index contributed by atoms with van der Waals surface area (Å²) in [7, 11) is 0. The molecule has 0 atom stereocenters. The highest BCUT2D eigenvalue weighted by Gasteiger charge is 2.43. The molecule has 0 amide bonds. The van der Waals surface area contributed by atoms with Gasteiger partial charge in [-0.2, -0.15) is 0 Å². The molecule has 1 saturated carbocycles. The molecule has 3 aliphatic rings. The van der Waals surface area contributed by atoms with Crippen LogP contribution < -0.4 is 4.90 Å². The van der Waals surface area contributed by atoms with Crippen LogP contribution in [-0.2, 0) is 6.61 Å². The van der Waals surface area contributed by atoms with Crippen molar-refractivity contribution in [1.29, 1.82) is 0 Å². The van der Waals surface area contributed by atoms with E-state index in [0.717, 1.165) is 66.0 Å². The molecule has 0 unspecified atom stereocenters. The third-order valence-corrected chi connectivity index (χ3v) is 8.71. The van der Waals surface area contributed by atoms with Crippen molar-refractivity contribution in [3.8, 4) is 11.3 Å². The molecule has 0 radical (unpaired) electrons. The molecule has 1 spiro atoms. The van der Waals surface area contributed by atoms with Gasteiger partial charge in [0.2, 0.25) is 0 Å². The second-order valence-electron chi connectivity index (χ2n) is 11.3. The predicted molar refractivity (Wildman–Crippen MR) is 148 cm³/mol. The first-order valence-corrected chi connectivity index (χ1v) is 13.6. The molecule has 3 heterocycles. The van der Waals surface area contributed by atoms with Crippen LogP contribution in [0.15, 0.2) is 59.1 Å². The fraction of sp³-hybridized carbons (Fsp3) is 0.375. The minimum absolute atomic E-state index is 0.0379. The number of rotatable bonds is 5. The van der Waals surface area contributed by atoms with E-state index in [1.807, 2.05) is 13.0 Å². The number of allylic oxidation sites excluding steroid dienone is 2. The zero-order valence-corrected chi connectivity index (χ0v) is 21.6. The summed E-state index contributed by atoms with van der Waals surface area (Å²) in [5.41, 5.74) is 10.5. The molecule has 37 heavy (non-hydrogen) atoms. The van der Waals surface area contributed by atoms with Gasteiger partial charge in [-0.15, -0.1) is 0 Å². The van der Waals surface area contributed by atoms with Crippen LogP contribution in [-0.4, -0.2) is 28.3 Å². The number of pyridine rings is 1. The number of aromatic nitrogens is 2. The number of aryl methyl sites for hydroxylation is 2. The van der Waals surface area contributed by atoms with Crippen molar-refractivity contribution in [3.63, 3.8) is 0 Å². The number of fused-ring (bicyclic) bond motifs is 1. The molecule has 1 aliphatic heterocycles. The quantitative estimate of drug-likeness (QED) is 0.327. The Kier molecular flexibility index (Phi) is 5.26. The van der Waals surface area contributed by atoms with E-state index in [-0.39, 0.29) is 12.0 Å². The zero-order chi connectivity index (χ0) is 25.1. The molecule has 4 aromatic rings. The SMILES string of the molecule is Cc1cc(CO)c2cc(N3CCC4(C=C(c5c(-c6ccccc6C)noc5C5CC5)C4)CC3)ccc2n1. The van der Waals surface area contributed by atoms with Gasteiger partial charge in [0.25, 0.3) is 0 Å². The first-order chi connectivity index (χ1) is 18.0. The van der Waals surface area contributed by atoms with E-state index >= 15 is 0 Å². The molecule has 2 aromatic heterocycles. The number of aliphatic hydroxyl groups is 1. The molecule has 1 saturated heterocycles. The van der Waals surface area contributed by atoms with Gasteiger partial charge in [0.1, 0.15) is 11.5 Å². The Morgan fingerprint density at radius 2 is 1.84 bits per heavy atom. The van der Waals surface area contributed by atoms with Crippen molar-refractivity contribution in [2.45, 2.75) is 58.5 Å². The summed E-state index contributed by atoms with van der Waals surface area (Å²) < 4.78 is 5.98. The summed E-state index contributed by atoms with van der Waals surface area (Å²) in [6, 6.07) is 17.0. The third-order valence-electron chi connectivity index (χ3n) is 8.71. The summed E-state index contributed by atoms with van der Waals surface area (Å²) in [6.45, 7) is 6.24. The summed E-state index contributed by atoms with van der Waals surface area (Å²) in [6.07, 6.45) is 8.37. The highest BCUT2D eigenvalue weighted by molar-refractivity contribution is 5.87. The molecule has 1 N–H and O–H groups in total. The Morgan fingerprint density at radius 3 is 2.57 bits per heavy atom. The first-order valence-electron chi connectivity index (χ1n) is 13.6. The Labute approximate surface area is 217 Å². The van der Waals surface area contributed by atoms with Gasteiger partial charge in [-0.1, -0.05) is 35.5 Å². The molecular formula is C32H33N3O2. The maximum Gasteiger partial charge on any atom is 0.147 e. The number of hydrogen-bond acceptors (Lipinski definition) is 5. The first kappa shape index (κ1) is 22.7. The molecule has 188 valence electrons. The van der Waals surface area contributed by atoms with Gasteiger partial charge >= 0.3 is 0 Å². The Morgan fingerprint density at radius 1 is 1.05 bits per heavy atom. The Balaban J connectivity index is 1.14. The Bertz CT molecular complexity index is 1540. The number of anilines is 1. The van der Waals surface area contributed by atoms with E-state index in [1.54, 1.807) is 0 Å². The van der Waals surface area contributed by atoms with E-state index in [4.69, 9.17) is 4.52 Å². The van der Waals surface area contributed by atoms with Crippen molar-refractivity contribution in [1.82, 2.24) is 10.1 Å². The van der Waals surface area contributed by atoms with Gasteiger partial charge in [0, 0.05) is 46.9 Å². The van der Waals surface area contributed by atoms with Crippen molar-refractivity contribution < 1.29 is 9.63 Å². The standard InChI is InChI=1S/C32H33N3O2/c1-20-5-3-4-6-26(20)30-29(31(37-34-30)22-7-8-22)24-17-32(18-24)11-13-35(14-12-32)25-9-10-28-27(16-25)23(19-36)15-21(2)33-28/h3-6,9-10,15-17,22,36H,7-8,11-14,18-19H2,1-2H3. The fourth-order valence-electron chi connectivity index (χ4n) is 6.43. The lowest BCUT2D eigenvalue weighted by Crippen LogP contribution is -2.42. The maximum absolute atomic E-state index is 9.88. The second-order valence-corrected chi connectivity index (χ2v) is 11.3. The molecule has 5 heteroatoms. The van der Waals surface area contributed by atoms with E-state index in [2.05, 4.69) is 70.5 Å². The van der Waals surface area contributed by atoms with Crippen molar-refractivity contribution in [3.05, 3.63) is 82.8 Å². The van der Waals surface area contributed by atoms with Crippen LogP contribution in [0.1, 0.15) is 66.2 Å². The van der Waals surface area contributed by atoms with Crippen LogP contribution in [0.4, 0.5) is 5.69 Å². The second kappa shape index (κ2) is 8.56. The van der Waals surface area contributed by atoms with Crippen LogP contribution in [0.3, 0.4) is 0 Å². The average Bonchev–Trinajstić information content (AvgIpc) is 3.65. The fourth-order valence-corrected chi connectivity index (χ4v) is 6.43. The largest absolute Gasteiger partial charge is 0.392 e. The minimum Gasteiger partial charge on any atom is -0.392 e. The maximum atomic E-state index is 9.88. The van der Waals surface area contributed by atoms with Crippen molar-refractivity contribution in [2.24, 2.45) is 5.41 Å². The number of piperidine rings is 1. The van der Waals surface area contributed by atoms with Crippen LogP contribution in [0.2, 0.25) is 0 Å². The molecule has 2 fully saturated rings. The van der Waals surface area contributed by atoms with Gasteiger partial charge in [0.15, 0.2) is 0 Å². The Hall–Kier alpha value is -3.44. The number of nitrogens with zero attached hydrogens (tertiary/aromatic N) is 3. The number of hydrogen-bond donors (Lipinski definition) is 1. The molecule has 2 aliphatic carbocycles. The van der Waals surface area contributed by atoms with Gasteiger partial charge in [-0.3, -0.25) is 4.98 Å². The molecular weight excluding hydrogens is 458 g/mol. The highest BCUT2D eigenvalue weighted by Crippen LogP contribution is 2.55. The van der Waals surface area contributed by atoms with Crippen LogP contribution >= 0.6 is 0 Å². The molecule has 5 nitrogen and oxygen atoms in total. The van der Waals surface area contributed by atoms with Gasteiger partial charge in [-0.05, 0) is 92.3 Å². The van der Waals surface area contributed by atoms with E-state index in [9.17, 15) is 5.11 Å². The van der Waals surface area contributed by atoms with E-state index in [1.165, 1.54) is 40.8 Å². The monoisotopic (exact) mass is 491 g/mol. The van der Waals surface area contributed by atoms with Crippen molar-refractivity contribution >= 4 is 22.2 Å². The normalized spacial score (nSPS) is 18.8. The number of aliphatic hydroxyl groups excluding tert-OH is 1. The predicted octanol–water partition coefficient (Wildman–Crippen LogP) is 6.95. The molecule has 7 rings (SSSR count). The summed E-state index contributed by atoms with van der Waals surface area (Å²) >= 11 is 0. The van der Waals surface area contributed by atoms with Gasteiger partial charge in [-0.25, -0.2) is 0 Å². The van der Waals surface area contributed by atoms with Crippen molar-refractivity contribution in [2.75, 3.05) is 18.0 Å². The average molecular weight is 492 g/mol. The minimum atomic E-state index is 0.0379. The topological polar surface area (TPSA) is 62.4 Å². The lowest BCUT2D eigenvalue weighted by atomic mass is 9.63. The van der Waals surface area contributed by atoms with Crippen LogP contribution in [0.25, 0.3) is 27.7 Å². The van der Waals surface area contributed by atoms with Gasteiger partial charge in [0.05, 0.1) is 12.1 Å². The van der Waals surface area contributed by atoms with Gasteiger partial charge < -0.3 is 14.5 Å². The lowest BCUT2D eigenvalue weighted by molar-refractivity contribution is 0.277. The van der Waals surface area contributed by atoms with E-state index in [0.29, 0.717) is 5.92 Å².